The van der Waals surface area contributed by atoms with Crippen LogP contribution in [-0.2, 0) is 6.54 Å². The molecule has 1 unspecified atom stereocenters. The minimum Gasteiger partial charge on any atom is -0.398 e. The highest BCUT2D eigenvalue weighted by molar-refractivity contribution is 9.10. The van der Waals surface area contributed by atoms with E-state index in [1.165, 1.54) is 31.4 Å². The molecule has 16 heavy (non-hydrogen) atoms. The van der Waals surface area contributed by atoms with Crippen LogP contribution in [0.5, 0.6) is 0 Å². The van der Waals surface area contributed by atoms with Crippen molar-refractivity contribution < 1.29 is 0 Å². The second kappa shape index (κ2) is 5.19. The largest absolute Gasteiger partial charge is 0.398 e. The van der Waals surface area contributed by atoms with Gasteiger partial charge in [-0.05, 0) is 53.9 Å². The van der Waals surface area contributed by atoms with E-state index in [1.54, 1.807) is 0 Å². The number of benzene rings is 1. The highest BCUT2D eigenvalue weighted by atomic mass is 79.9. The molecule has 3 heteroatoms. The van der Waals surface area contributed by atoms with E-state index in [1.807, 2.05) is 12.1 Å². The average Bonchev–Trinajstić information content (AvgIpc) is 2.28. The fraction of sp³-hybridized carbons (Fsp3) is 0.538. The van der Waals surface area contributed by atoms with Crippen molar-refractivity contribution in [2.45, 2.75) is 38.8 Å². The highest BCUT2D eigenvalue weighted by Gasteiger charge is 2.19. The zero-order chi connectivity index (χ0) is 11.5. The summed E-state index contributed by atoms with van der Waals surface area (Å²) in [5.74, 6) is 0. The summed E-state index contributed by atoms with van der Waals surface area (Å²) in [7, 11) is 0. The Bertz CT molecular complexity index is 365. The standard InChI is InChI=1S/C13H19BrN2/c1-10-5-2-3-8-16(10)9-11-6-4-7-12(15)13(11)14/h4,6-7,10H,2-3,5,8-9,15H2,1H3. The minimum absolute atomic E-state index is 0.696. The molecule has 1 heterocycles. The maximum atomic E-state index is 5.90. The van der Waals surface area contributed by atoms with E-state index in [2.05, 4.69) is 33.8 Å². The first kappa shape index (κ1) is 11.9. The summed E-state index contributed by atoms with van der Waals surface area (Å²) < 4.78 is 1.06. The van der Waals surface area contributed by atoms with E-state index in [-0.39, 0.29) is 0 Å². The van der Waals surface area contributed by atoms with Crippen molar-refractivity contribution in [1.82, 2.24) is 4.90 Å². The molecule has 1 aliphatic heterocycles. The Labute approximate surface area is 106 Å². The van der Waals surface area contributed by atoms with Gasteiger partial charge in [0.15, 0.2) is 0 Å². The van der Waals surface area contributed by atoms with Crippen molar-refractivity contribution in [1.29, 1.82) is 0 Å². The summed E-state index contributed by atoms with van der Waals surface area (Å²) in [6.45, 7) is 4.54. The van der Waals surface area contributed by atoms with E-state index in [0.29, 0.717) is 6.04 Å². The summed E-state index contributed by atoms with van der Waals surface area (Å²) in [4.78, 5) is 2.54. The molecule has 1 fully saturated rings. The van der Waals surface area contributed by atoms with Crippen LogP contribution < -0.4 is 5.73 Å². The van der Waals surface area contributed by atoms with E-state index >= 15 is 0 Å². The number of hydrogen-bond donors (Lipinski definition) is 1. The van der Waals surface area contributed by atoms with E-state index < -0.39 is 0 Å². The van der Waals surface area contributed by atoms with Crippen LogP contribution in [0.15, 0.2) is 22.7 Å². The van der Waals surface area contributed by atoms with Crippen molar-refractivity contribution in [2.24, 2.45) is 0 Å². The molecule has 2 N–H and O–H groups in total. The van der Waals surface area contributed by atoms with Gasteiger partial charge in [-0.2, -0.15) is 0 Å². The number of anilines is 1. The molecule has 1 atom stereocenters. The molecular formula is C13H19BrN2. The molecule has 0 spiro atoms. The van der Waals surface area contributed by atoms with Gasteiger partial charge in [0.05, 0.1) is 0 Å². The molecule has 1 aromatic carbocycles. The van der Waals surface area contributed by atoms with Crippen LogP contribution in [0, 0.1) is 0 Å². The van der Waals surface area contributed by atoms with Crippen LogP contribution in [0.25, 0.3) is 0 Å². The van der Waals surface area contributed by atoms with Crippen LogP contribution in [0.4, 0.5) is 5.69 Å². The van der Waals surface area contributed by atoms with Gasteiger partial charge in [-0.3, -0.25) is 4.90 Å². The van der Waals surface area contributed by atoms with Gasteiger partial charge in [-0.25, -0.2) is 0 Å². The van der Waals surface area contributed by atoms with Gasteiger partial charge >= 0.3 is 0 Å². The van der Waals surface area contributed by atoms with Crippen molar-refractivity contribution in [3.63, 3.8) is 0 Å². The zero-order valence-electron chi connectivity index (χ0n) is 9.75. The predicted octanol–water partition coefficient (Wildman–Crippen LogP) is 3.41. The number of hydrogen-bond acceptors (Lipinski definition) is 2. The molecule has 0 aromatic heterocycles. The Morgan fingerprint density at radius 3 is 3.00 bits per heavy atom. The van der Waals surface area contributed by atoms with Gasteiger partial charge in [-0.15, -0.1) is 0 Å². The lowest BCUT2D eigenvalue weighted by atomic mass is 10.0. The molecule has 1 saturated heterocycles. The summed E-state index contributed by atoms with van der Waals surface area (Å²) in [6, 6.07) is 6.82. The zero-order valence-corrected chi connectivity index (χ0v) is 11.3. The first-order chi connectivity index (χ1) is 7.68. The normalized spacial score (nSPS) is 22.2. The van der Waals surface area contributed by atoms with Crippen molar-refractivity contribution in [3.8, 4) is 0 Å². The number of nitrogens with zero attached hydrogens (tertiary/aromatic N) is 1. The van der Waals surface area contributed by atoms with Gasteiger partial charge in [0.2, 0.25) is 0 Å². The molecule has 0 radical (unpaired) electrons. The van der Waals surface area contributed by atoms with Crippen LogP contribution >= 0.6 is 15.9 Å². The lowest BCUT2D eigenvalue weighted by Gasteiger charge is -2.33. The third-order valence-electron chi connectivity index (χ3n) is 3.42. The van der Waals surface area contributed by atoms with E-state index in [0.717, 1.165) is 16.7 Å². The van der Waals surface area contributed by atoms with Crippen LogP contribution in [-0.4, -0.2) is 17.5 Å². The summed E-state index contributed by atoms with van der Waals surface area (Å²) in [5, 5.41) is 0. The molecule has 2 rings (SSSR count). The number of rotatable bonds is 2. The van der Waals surface area contributed by atoms with Crippen molar-refractivity contribution in [2.75, 3.05) is 12.3 Å². The first-order valence-corrected chi connectivity index (χ1v) is 6.74. The Morgan fingerprint density at radius 1 is 1.44 bits per heavy atom. The Hall–Kier alpha value is -0.540. The molecule has 0 saturated carbocycles. The molecular weight excluding hydrogens is 264 g/mol. The molecule has 0 aliphatic carbocycles. The van der Waals surface area contributed by atoms with Gasteiger partial charge in [0, 0.05) is 22.7 Å². The monoisotopic (exact) mass is 282 g/mol. The maximum absolute atomic E-state index is 5.90. The lowest BCUT2D eigenvalue weighted by Crippen LogP contribution is -2.36. The minimum atomic E-state index is 0.696. The number of halogens is 1. The molecule has 0 bridgehead atoms. The second-order valence-corrected chi connectivity index (χ2v) is 5.43. The summed E-state index contributed by atoms with van der Waals surface area (Å²) in [5.41, 5.74) is 8.03. The average molecular weight is 283 g/mol. The third-order valence-corrected chi connectivity index (χ3v) is 4.39. The second-order valence-electron chi connectivity index (χ2n) is 4.64. The van der Waals surface area contributed by atoms with Crippen LogP contribution in [0.1, 0.15) is 31.7 Å². The number of nitrogens with two attached hydrogens (primary N) is 1. The maximum Gasteiger partial charge on any atom is 0.0461 e. The molecule has 1 aromatic rings. The SMILES string of the molecule is CC1CCCCN1Cc1cccc(N)c1Br. The quantitative estimate of drug-likeness (QED) is 0.843. The van der Waals surface area contributed by atoms with Crippen molar-refractivity contribution >= 4 is 21.6 Å². The third kappa shape index (κ3) is 2.58. The predicted molar refractivity (Wildman–Crippen MR) is 72.3 cm³/mol. The first-order valence-electron chi connectivity index (χ1n) is 5.95. The summed E-state index contributed by atoms with van der Waals surface area (Å²) >= 11 is 3.58. The van der Waals surface area contributed by atoms with Crippen molar-refractivity contribution in [3.05, 3.63) is 28.2 Å². The van der Waals surface area contributed by atoms with Gasteiger partial charge in [0.1, 0.15) is 0 Å². The Kier molecular flexibility index (Phi) is 3.87. The van der Waals surface area contributed by atoms with Gasteiger partial charge < -0.3 is 5.73 Å². The summed E-state index contributed by atoms with van der Waals surface area (Å²) in [6.07, 6.45) is 4.01. The van der Waals surface area contributed by atoms with Crippen LogP contribution in [0.2, 0.25) is 0 Å². The van der Waals surface area contributed by atoms with Crippen LogP contribution in [0.3, 0.4) is 0 Å². The highest BCUT2D eigenvalue weighted by Crippen LogP contribution is 2.27. The topological polar surface area (TPSA) is 29.3 Å². The molecule has 88 valence electrons. The van der Waals surface area contributed by atoms with Gasteiger partial charge in [-0.1, -0.05) is 18.6 Å². The molecule has 2 nitrogen and oxygen atoms in total. The Morgan fingerprint density at radius 2 is 2.25 bits per heavy atom. The lowest BCUT2D eigenvalue weighted by molar-refractivity contribution is 0.152. The fourth-order valence-corrected chi connectivity index (χ4v) is 2.72. The smallest absolute Gasteiger partial charge is 0.0461 e. The fourth-order valence-electron chi connectivity index (χ4n) is 2.33. The number of likely N-dealkylation sites (tertiary alicyclic amines) is 1. The molecule has 1 aliphatic rings. The Balaban J connectivity index is 2.10. The van der Waals surface area contributed by atoms with E-state index in [9.17, 15) is 0 Å². The molecule has 0 amide bonds. The van der Waals surface area contributed by atoms with Gasteiger partial charge in [0.25, 0.3) is 0 Å². The number of piperidine rings is 1. The van der Waals surface area contributed by atoms with E-state index in [4.69, 9.17) is 5.73 Å². The number of nitrogen functional groups attached to an aromatic ring is 1.